The van der Waals surface area contributed by atoms with Crippen LogP contribution in [-0.2, 0) is 16.4 Å². The molecule has 0 heterocycles. The van der Waals surface area contributed by atoms with E-state index in [-0.39, 0.29) is 31.4 Å². The lowest BCUT2D eigenvalue weighted by Crippen LogP contribution is -2.40. The van der Waals surface area contributed by atoms with Crippen LogP contribution in [0.5, 0.6) is 0 Å². The molecule has 0 spiro atoms. The van der Waals surface area contributed by atoms with Gasteiger partial charge in [0, 0.05) is 12.0 Å². The first-order valence-corrected chi connectivity index (χ1v) is 6.26. The van der Waals surface area contributed by atoms with Crippen LogP contribution in [0.3, 0.4) is 0 Å². The Balaban J connectivity index is 0.00000400. The van der Waals surface area contributed by atoms with Gasteiger partial charge in [0.2, 0.25) is 5.91 Å². The van der Waals surface area contributed by atoms with Gasteiger partial charge >= 0.3 is 6.18 Å². The lowest BCUT2D eigenvalue weighted by molar-refractivity contribution is -0.137. The summed E-state index contributed by atoms with van der Waals surface area (Å²) in [4.78, 5) is 11.4. The number of likely N-dealkylation sites (N-methyl/N-ethyl adjacent to an activating group) is 1. The molecule has 0 aliphatic carbocycles. The molecule has 0 atom stereocenters. The molecule has 1 rings (SSSR count). The molecule has 0 unspecified atom stereocenters. The van der Waals surface area contributed by atoms with Gasteiger partial charge in [-0.3, -0.25) is 4.79 Å². The Labute approximate surface area is 128 Å². The van der Waals surface area contributed by atoms with Crippen molar-refractivity contribution < 1.29 is 18.0 Å². The Morgan fingerprint density at radius 1 is 1.19 bits per heavy atom. The minimum Gasteiger partial charge on any atom is -0.354 e. The normalized spacial score (nSPS) is 11.7. The molecule has 0 aliphatic heterocycles. The maximum absolute atomic E-state index is 12.7. The molecule has 0 saturated heterocycles. The van der Waals surface area contributed by atoms with Crippen LogP contribution in [0.4, 0.5) is 13.2 Å². The smallest absolute Gasteiger partial charge is 0.354 e. The first-order chi connectivity index (χ1) is 9.16. The Morgan fingerprint density at radius 3 is 2.29 bits per heavy atom. The molecule has 1 aromatic carbocycles. The number of hydrogen-bond acceptors (Lipinski definition) is 2. The van der Waals surface area contributed by atoms with E-state index in [0.29, 0.717) is 5.56 Å². The molecular weight excluding hydrogens is 305 g/mol. The van der Waals surface area contributed by atoms with Crippen LogP contribution in [0.2, 0.25) is 0 Å². The molecule has 0 aromatic heterocycles. The third-order valence-electron chi connectivity index (χ3n) is 3.04. The first-order valence-electron chi connectivity index (χ1n) is 6.26. The molecule has 21 heavy (non-hydrogen) atoms. The van der Waals surface area contributed by atoms with E-state index in [1.54, 1.807) is 27.0 Å². The second-order valence-electron chi connectivity index (χ2n) is 5.27. The van der Waals surface area contributed by atoms with E-state index in [9.17, 15) is 18.0 Å². The Bertz CT molecular complexity index is 476. The van der Waals surface area contributed by atoms with Gasteiger partial charge in [-0.25, -0.2) is 0 Å². The number of alkyl halides is 3. The topological polar surface area (TPSA) is 41.1 Å². The molecule has 2 N–H and O–H groups in total. The third kappa shape index (κ3) is 5.93. The van der Waals surface area contributed by atoms with Gasteiger partial charge in [0.15, 0.2) is 0 Å². The SMILES string of the molecule is CNCC(=O)NCC(C)(C)c1cccc(C(F)(F)F)c1.Cl. The highest BCUT2D eigenvalue weighted by Crippen LogP contribution is 2.32. The zero-order valence-electron chi connectivity index (χ0n) is 12.2. The highest BCUT2D eigenvalue weighted by atomic mass is 35.5. The van der Waals surface area contributed by atoms with Gasteiger partial charge in [-0.05, 0) is 18.7 Å². The summed E-state index contributed by atoms with van der Waals surface area (Å²) in [6.07, 6.45) is -4.36. The fourth-order valence-corrected chi connectivity index (χ4v) is 1.76. The predicted octanol–water partition coefficient (Wildman–Crippen LogP) is 2.74. The molecule has 7 heteroatoms. The van der Waals surface area contributed by atoms with Crippen LogP contribution in [0.15, 0.2) is 24.3 Å². The summed E-state index contributed by atoms with van der Waals surface area (Å²) in [7, 11) is 1.65. The maximum Gasteiger partial charge on any atom is 0.416 e. The quantitative estimate of drug-likeness (QED) is 0.874. The van der Waals surface area contributed by atoms with Gasteiger partial charge in [-0.1, -0.05) is 32.0 Å². The van der Waals surface area contributed by atoms with E-state index in [0.717, 1.165) is 12.1 Å². The second-order valence-corrected chi connectivity index (χ2v) is 5.27. The molecule has 0 saturated carbocycles. The largest absolute Gasteiger partial charge is 0.416 e. The maximum atomic E-state index is 12.7. The number of amides is 1. The van der Waals surface area contributed by atoms with Crippen molar-refractivity contribution >= 4 is 18.3 Å². The number of nitrogens with one attached hydrogen (secondary N) is 2. The molecule has 0 fully saturated rings. The predicted molar refractivity (Wildman–Crippen MR) is 78.7 cm³/mol. The molecule has 1 amide bonds. The van der Waals surface area contributed by atoms with Gasteiger partial charge < -0.3 is 10.6 Å². The van der Waals surface area contributed by atoms with Crippen LogP contribution in [0.25, 0.3) is 0 Å². The molecular formula is C14H20ClF3N2O. The lowest BCUT2D eigenvalue weighted by atomic mass is 9.83. The molecule has 1 aromatic rings. The highest BCUT2D eigenvalue weighted by molar-refractivity contribution is 5.85. The molecule has 3 nitrogen and oxygen atoms in total. The Morgan fingerprint density at radius 2 is 1.76 bits per heavy atom. The van der Waals surface area contributed by atoms with Gasteiger partial charge in [0.05, 0.1) is 12.1 Å². The van der Waals surface area contributed by atoms with E-state index in [4.69, 9.17) is 0 Å². The zero-order valence-corrected chi connectivity index (χ0v) is 13.0. The Hall–Kier alpha value is -1.27. The molecule has 0 radical (unpaired) electrons. The van der Waals surface area contributed by atoms with Crippen LogP contribution in [0, 0.1) is 0 Å². The number of hydrogen-bond donors (Lipinski definition) is 2. The number of carbonyl (C=O) groups excluding carboxylic acids is 1. The van der Waals surface area contributed by atoms with Crippen molar-refractivity contribution in [3.05, 3.63) is 35.4 Å². The third-order valence-corrected chi connectivity index (χ3v) is 3.04. The average Bonchev–Trinajstić information content (AvgIpc) is 2.36. The Kier molecular flexibility index (Phi) is 7.19. The van der Waals surface area contributed by atoms with E-state index < -0.39 is 17.2 Å². The summed E-state index contributed by atoms with van der Waals surface area (Å²) in [6.45, 7) is 4.04. The van der Waals surface area contributed by atoms with E-state index in [2.05, 4.69) is 10.6 Å². The number of carbonyl (C=O) groups is 1. The summed E-state index contributed by atoms with van der Waals surface area (Å²) in [5.41, 5.74) is -0.716. The minimum absolute atomic E-state index is 0. The van der Waals surface area contributed by atoms with Crippen molar-refractivity contribution in [3.63, 3.8) is 0 Å². The molecule has 0 aliphatic rings. The van der Waals surface area contributed by atoms with E-state index in [1.165, 1.54) is 6.07 Å². The van der Waals surface area contributed by atoms with Gasteiger partial charge in [-0.2, -0.15) is 13.2 Å². The van der Waals surface area contributed by atoms with Gasteiger partial charge in [-0.15, -0.1) is 12.4 Å². The van der Waals surface area contributed by atoms with Crippen LogP contribution >= 0.6 is 12.4 Å². The molecule has 0 bridgehead atoms. The standard InChI is InChI=1S/C14H19F3N2O.ClH/c1-13(2,9-19-12(20)8-18-3)10-5-4-6-11(7-10)14(15,16)17;/h4-7,18H,8-9H2,1-3H3,(H,19,20);1H. The molecule has 120 valence electrons. The van der Waals surface area contributed by atoms with Crippen LogP contribution in [-0.4, -0.2) is 26.0 Å². The van der Waals surface area contributed by atoms with Crippen LogP contribution in [0.1, 0.15) is 25.0 Å². The minimum atomic E-state index is -4.36. The van der Waals surface area contributed by atoms with Crippen LogP contribution < -0.4 is 10.6 Å². The lowest BCUT2D eigenvalue weighted by Gasteiger charge is -2.26. The zero-order chi connectivity index (χ0) is 15.4. The van der Waals surface area contributed by atoms with Gasteiger partial charge in [0.25, 0.3) is 0 Å². The summed E-state index contributed by atoms with van der Waals surface area (Å²) >= 11 is 0. The fraction of sp³-hybridized carbons (Fsp3) is 0.500. The van der Waals surface area contributed by atoms with Crippen molar-refractivity contribution in [2.24, 2.45) is 0 Å². The second kappa shape index (κ2) is 7.66. The van der Waals surface area contributed by atoms with Gasteiger partial charge in [0.1, 0.15) is 0 Å². The monoisotopic (exact) mass is 324 g/mol. The number of benzene rings is 1. The summed E-state index contributed by atoms with van der Waals surface area (Å²) in [5.74, 6) is -0.187. The van der Waals surface area contributed by atoms with Crippen molar-refractivity contribution in [1.29, 1.82) is 0 Å². The van der Waals surface area contributed by atoms with E-state index >= 15 is 0 Å². The highest BCUT2D eigenvalue weighted by Gasteiger charge is 2.32. The van der Waals surface area contributed by atoms with Crippen molar-refractivity contribution in [2.45, 2.75) is 25.4 Å². The first kappa shape index (κ1) is 19.7. The van der Waals surface area contributed by atoms with Crippen molar-refractivity contribution in [3.8, 4) is 0 Å². The number of halogens is 4. The summed E-state index contributed by atoms with van der Waals surface area (Å²) in [5, 5.41) is 5.41. The average molecular weight is 325 g/mol. The summed E-state index contributed by atoms with van der Waals surface area (Å²) in [6, 6.07) is 5.19. The number of rotatable bonds is 5. The summed E-state index contributed by atoms with van der Waals surface area (Å²) < 4.78 is 38.1. The van der Waals surface area contributed by atoms with Crippen molar-refractivity contribution in [1.82, 2.24) is 10.6 Å². The van der Waals surface area contributed by atoms with E-state index in [1.807, 2.05) is 0 Å². The van der Waals surface area contributed by atoms with Crippen molar-refractivity contribution in [2.75, 3.05) is 20.1 Å². The fourth-order valence-electron chi connectivity index (χ4n) is 1.76.